The van der Waals surface area contributed by atoms with Crippen LogP contribution >= 0.6 is 0 Å². The summed E-state index contributed by atoms with van der Waals surface area (Å²) in [4.78, 5) is 5.96. The second-order valence-corrected chi connectivity index (χ2v) is 5.54. The van der Waals surface area contributed by atoms with Gasteiger partial charge in [0.05, 0.1) is 0 Å². The highest BCUT2D eigenvalue weighted by molar-refractivity contribution is 5.84. The van der Waals surface area contributed by atoms with E-state index in [1.54, 1.807) is 0 Å². The van der Waals surface area contributed by atoms with Gasteiger partial charge in [0, 0.05) is 48.8 Å². The second kappa shape index (κ2) is 4.41. The van der Waals surface area contributed by atoms with Gasteiger partial charge < -0.3 is 10.3 Å². The minimum Gasteiger partial charge on any atom is -0.361 e. The molecule has 2 aromatic rings. The number of aromatic nitrogens is 1. The zero-order chi connectivity index (χ0) is 12.6. The van der Waals surface area contributed by atoms with Crippen molar-refractivity contribution >= 4 is 10.9 Å². The van der Waals surface area contributed by atoms with Crippen molar-refractivity contribution in [3.05, 3.63) is 36.0 Å². The van der Waals surface area contributed by atoms with Crippen LogP contribution < -0.4 is 5.32 Å². The molecule has 1 aliphatic rings. The lowest BCUT2D eigenvalue weighted by atomic mass is 9.91. The van der Waals surface area contributed by atoms with E-state index in [0.29, 0.717) is 0 Å². The molecule has 0 unspecified atom stereocenters. The third-order valence-electron chi connectivity index (χ3n) is 4.16. The van der Waals surface area contributed by atoms with Gasteiger partial charge in [-0.1, -0.05) is 18.2 Å². The fourth-order valence-electron chi connectivity index (χ4n) is 2.97. The maximum absolute atomic E-state index is 3.42. The van der Waals surface area contributed by atoms with Crippen LogP contribution in [0.15, 0.2) is 30.5 Å². The van der Waals surface area contributed by atoms with Crippen molar-refractivity contribution in [2.75, 3.05) is 26.2 Å². The van der Waals surface area contributed by atoms with Crippen molar-refractivity contribution < 1.29 is 0 Å². The smallest absolute Gasteiger partial charge is 0.0457 e. The lowest BCUT2D eigenvalue weighted by molar-refractivity contribution is 0.104. The number of H-pyrrole nitrogens is 1. The van der Waals surface area contributed by atoms with Crippen molar-refractivity contribution in [2.24, 2.45) is 0 Å². The Morgan fingerprint density at radius 3 is 2.61 bits per heavy atom. The molecule has 3 heteroatoms. The van der Waals surface area contributed by atoms with Gasteiger partial charge in [-0.25, -0.2) is 0 Å². The predicted octanol–water partition coefficient (Wildman–Crippen LogP) is 2.31. The van der Waals surface area contributed by atoms with Gasteiger partial charge in [-0.2, -0.15) is 0 Å². The van der Waals surface area contributed by atoms with Gasteiger partial charge in [0.15, 0.2) is 0 Å². The molecule has 0 amide bonds. The van der Waals surface area contributed by atoms with E-state index in [0.717, 1.165) is 26.2 Å². The third kappa shape index (κ3) is 1.84. The Morgan fingerprint density at radius 1 is 1.11 bits per heavy atom. The van der Waals surface area contributed by atoms with Gasteiger partial charge in [-0.15, -0.1) is 0 Å². The minimum absolute atomic E-state index is 0.0850. The fraction of sp³-hybridized carbons (Fsp3) is 0.467. The number of piperazine rings is 1. The molecule has 0 aliphatic carbocycles. The Bertz CT molecular complexity index is 535. The molecule has 1 aromatic heterocycles. The first-order valence-electron chi connectivity index (χ1n) is 6.72. The van der Waals surface area contributed by atoms with E-state index < -0.39 is 0 Å². The van der Waals surface area contributed by atoms with Crippen LogP contribution in [0.3, 0.4) is 0 Å². The molecule has 3 nitrogen and oxygen atoms in total. The van der Waals surface area contributed by atoms with Crippen LogP contribution in [0.1, 0.15) is 19.4 Å². The van der Waals surface area contributed by atoms with E-state index >= 15 is 0 Å². The van der Waals surface area contributed by atoms with Gasteiger partial charge in [-0.05, 0) is 25.5 Å². The van der Waals surface area contributed by atoms with E-state index in [9.17, 15) is 0 Å². The van der Waals surface area contributed by atoms with Crippen LogP contribution in [0.5, 0.6) is 0 Å². The van der Waals surface area contributed by atoms with Gasteiger partial charge >= 0.3 is 0 Å². The molecule has 0 atom stereocenters. The first-order chi connectivity index (χ1) is 8.69. The first kappa shape index (κ1) is 11.8. The van der Waals surface area contributed by atoms with Crippen LogP contribution in [0.2, 0.25) is 0 Å². The number of benzene rings is 1. The first-order valence-corrected chi connectivity index (χ1v) is 6.72. The minimum atomic E-state index is 0.0850. The molecule has 1 fully saturated rings. The second-order valence-electron chi connectivity index (χ2n) is 5.54. The molecule has 2 heterocycles. The number of hydrogen-bond acceptors (Lipinski definition) is 2. The number of hydrogen-bond donors (Lipinski definition) is 2. The molecule has 0 bridgehead atoms. The highest BCUT2D eigenvalue weighted by Gasteiger charge is 2.31. The Labute approximate surface area is 108 Å². The normalized spacial score (nSPS) is 18.3. The number of para-hydroxylation sites is 1. The van der Waals surface area contributed by atoms with E-state index in [4.69, 9.17) is 0 Å². The Hall–Kier alpha value is -1.32. The van der Waals surface area contributed by atoms with Gasteiger partial charge in [0.2, 0.25) is 0 Å². The quantitative estimate of drug-likeness (QED) is 0.848. The van der Waals surface area contributed by atoms with E-state index in [1.165, 1.54) is 16.5 Å². The standard InChI is InChI=1S/C15H21N3/c1-15(2,18-9-7-16-8-10-18)13-11-17-14-6-4-3-5-12(13)14/h3-6,11,16-17H,7-10H2,1-2H3. The van der Waals surface area contributed by atoms with Crippen LogP contribution in [0.25, 0.3) is 10.9 Å². The summed E-state index contributed by atoms with van der Waals surface area (Å²) < 4.78 is 0. The molecule has 3 rings (SSSR count). The number of aromatic amines is 1. The van der Waals surface area contributed by atoms with Crippen LogP contribution in [-0.2, 0) is 5.54 Å². The number of nitrogens with one attached hydrogen (secondary N) is 2. The maximum atomic E-state index is 3.42. The average Bonchev–Trinajstić information content (AvgIpc) is 2.84. The number of fused-ring (bicyclic) bond motifs is 1. The zero-order valence-corrected chi connectivity index (χ0v) is 11.2. The van der Waals surface area contributed by atoms with Crippen molar-refractivity contribution in [1.29, 1.82) is 0 Å². The lowest BCUT2D eigenvalue weighted by Crippen LogP contribution is -2.51. The number of rotatable bonds is 2. The Kier molecular flexibility index (Phi) is 2.88. The average molecular weight is 243 g/mol. The number of nitrogens with zero attached hydrogens (tertiary/aromatic N) is 1. The van der Waals surface area contributed by atoms with Crippen molar-refractivity contribution in [2.45, 2.75) is 19.4 Å². The summed E-state index contributed by atoms with van der Waals surface area (Å²) in [6.07, 6.45) is 2.17. The molecule has 0 saturated carbocycles. The van der Waals surface area contributed by atoms with Crippen LogP contribution in [0, 0.1) is 0 Å². The summed E-state index contributed by atoms with van der Waals surface area (Å²) >= 11 is 0. The summed E-state index contributed by atoms with van der Waals surface area (Å²) in [5.41, 5.74) is 2.72. The van der Waals surface area contributed by atoms with Crippen LogP contribution in [0.4, 0.5) is 0 Å². The van der Waals surface area contributed by atoms with Crippen molar-refractivity contribution in [1.82, 2.24) is 15.2 Å². The molecule has 0 radical (unpaired) electrons. The summed E-state index contributed by atoms with van der Waals surface area (Å²) in [6.45, 7) is 9.07. The maximum Gasteiger partial charge on any atom is 0.0457 e. The van der Waals surface area contributed by atoms with Gasteiger partial charge in [0.1, 0.15) is 0 Å². The lowest BCUT2D eigenvalue weighted by Gasteiger charge is -2.41. The largest absolute Gasteiger partial charge is 0.361 e. The molecule has 96 valence electrons. The summed E-state index contributed by atoms with van der Waals surface area (Å²) in [5, 5.41) is 4.77. The van der Waals surface area contributed by atoms with Crippen molar-refractivity contribution in [3.63, 3.8) is 0 Å². The molecular weight excluding hydrogens is 222 g/mol. The van der Waals surface area contributed by atoms with Crippen LogP contribution in [-0.4, -0.2) is 36.1 Å². The Balaban J connectivity index is 2.01. The zero-order valence-electron chi connectivity index (χ0n) is 11.2. The molecule has 0 spiro atoms. The highest BCUT2D eigenvalue weighted by atomic mass is 15.2. The van der Waals surface area contributed by atoms with E-state index in [1.807, 2.05) is 0 Å². The predicted molar refractivity (Wildman–Crippen MR) is 75.8 cm³/mol. The third-order valence-corrected chi connectivity index (χ3v) is 4.16. The highest BCUT2D eigenvalue weighted by Crippen LogP contribution is 2.33. The topological polar surface area (TPSA) is 31.1 Å². The van der Waals surface area contributed by atoms with E-state index in [2.05, 4.69) is 59.5 Å². The molecule has 1 saturated heterocycles. The Morgan fingerprint density at radius 2 is 1.83 bits per heavy atom. The molecule has 2 N–H and O–H groups in total. The SMILES string of the molecule is CC(C)(c1c[nH]c2ccccc12)N1CCNCC1. The molecule has 18 heavy (non-hydrogen) atoms. The van der Waals surface area contributed by atoms with E-state index in [-0.39, 0.29) is 5.54 Å². The monoisotopic (exact) mass is 243 g/mol. The van der Waals surface area contributed by atoms with Gasteiger partial charge in [0.25, 0.3) is 0 Å². The fourth-order valence-corrected chi connectivity index (χ4v) is 2.97. The molecule has 1 aliphatic heterocycles. The summed E-state index contributed by atoms with van der Waals surface area (Å²) in [7, 11) is 0. The van der Waals surface area contributed by atoms with Crippen molar-refractivity contribution in [3.8, 4) is 0 Å². The molecular formula is C15H21N3. The molecule has 1 aromatic carbocycles. The van der Waals surface area contributed by atoms with Gasteiger partial charge in [-0.3, -0.25) is 4.90 Å². The summed E-state index contributed by atoms with van der Waals surface area (Å²) in [6, 6.07) is 8.56. The summed E-state index contributed by atoms with van der Waals surface area (Å²) in [5.74, 6) is 0.